The van der Waals surface area contributed by atoms with Crippen molar-refractivity contribution in [3.05, 3.63) is 52.7 Å². The zero-order valence-corrected chi connectivity index (χ0v) is 15.6. The summed E-state index contributed by atoms with van der Waals surface area (Å²) >= 11 is 1.36. The van der Waals surface area contributed by atoms with E-state index >= 15 is 0 Å². The average Bonchev–Trinajstić information content (AvgIpc) is 3.30. The fraction of sp³-hybridized carbons (Fsp3) is 0.211. The molecule has 3 aromatic rings. The highest BCUT2D eigenvalue weighted by atomic mass is 32.1. The first-order chi connectivity index (χ1) is 13.0. The van der Waals surface area contributed by atoms with Crippen LogP contribution < -0.4 is 15.4 Å². The van der Waals surface area contributed by atoms with E-state index in [-0.39, 0.29) is 24.5 Å². The number of fused-ring (bicyclic) bond motifs is 1. The van der Waals surface area contributed by atoms with Crippen molar-refractivity contribution < 1.29 is 18.7 Å². The molecule has 2 amide bonds. The van der Waals surface area contributed by atoms with E-state index in [4.69, 9.17) is 9.15 Å². The third kappa shape index (κ3) is 3.56. The largest absolute Gasteiger partial charge is 0.482 e. The summed E-state index contributed by atoms with van der Waals surface area (Å²) in [5.41, 5.74) is 1.80. The van der Waals surface area contributed by atoms with Crippen LogP contribution in [0, 0.1) is 6.92 Å². The first-order valence-corrected chi connectivity index (χ1v) is 9.27. The van der Waals surface area contributed by atoms with E-state index in [2.05, 4.69) is 15.6 Å². The molecule has 0 saturated carbocycles. The van der Waals surface area contributed by atoms with Gasteiger partial charge in [-0.2, -0.15) is 0 Å². The van der Waals surface area contributed by atoms with Crippen molar-refractivity contribution >= 4 is 28.8 Å². The van der Waals surface area contributed by atoms with Gasteiger partial charge >= 0.3 is 0 Å². The number of carbonyl (C=O) groups is 2. The van der Waals surface area contributed by atoms with E-state index in [1.807, 2.05) is 32.0 Å². The molecule has 0 fully saturated rings. The standard InChI is InChI=1S/C19H17N3O4S/c1-10-3-5-16(26-10)19-22-14(9-27-19)18(24)20-11(2)12-4-6-15-13(7-12)21-17(23)8-25-15/h3-7,9,11H,8H2,1-2H3,(H,20,24)(H,21,23)/t11-/m0/s1. The fourth-order valence-electron chi connectivity index (χ4n) is 2.76. The Kier molecular flexibility index (Phi) is 4.41. The predicted octanol–water partition coefficient (Wildman–Crippen LogP) is 3.53. The molecule has 4 rings (SSSR count). The van der Waals surface area contributed by atoms with Gasteiger partial charge in [0.05, 0.1) is 11.7 Å². The summed E-state index contributed by atoms with van der Waals surface area (Å²) in [4.78, 5) is 28.4. The number of aryl methyl sites for hydroxylation is 1. The number of ether oxygens (including phenoxy) is 1. The van der Waals surface area contributed by atoms with Crippen LogP contribution in [0.15, 0.2) is 40.1 Å². The smallest absolute Gasteiger partial charge is 0.271 e. The minimum absolute atomic E-state index is 0.0139. The van der Waals surface area contributed by atoms with Gasteiger partial charge in [-0.1, -0.05) is 6.07 Å². The van der Waals surface area contributed by atoms with Gasteiger partial charge in [0.25, 0.3) is 11.8 Å². The monoisotopic (exact) mass is 383 g/mol. The molecule has 2 N–H and O–H groups in total. The van der Waals surface area contributed by atoms with Crippen LogP contribution in [-0.2, 0) is 4.79 Å². The number of nitrogens with zero attached hydrogens (tertiary/aromatic N) is 1. The fourth-order valence-corrected chi connectivity index (χ4v) is 3.52. The van der Waals surface area contributed by atoms with Gasteiger partial charge in [0.2, 0.25) is 0 Å². The molecule has 1 aliphatic rings. The summed E-state index contributed by atoms with van der Waals surface area (Å²) in [6, 6.07) is 8.87. The van der Waals surface area contributed by atoms with Gasteiger partial charge in [-0.05, 0) is 43.7 Å². The maximum atomic E-state index is 12.5. The number of hydrogen-bond acceptors (Lipinski definition) is 6. The molecule has 2 aromatic heterocycles. The van der Waals surface area contributed by atoms with Crippen molar-refractivity contribution in [1.29, 1.82) is 0 Å². The normalized spacial score (nSPS) is 14.1. The molecule has 0 unspecified atom stereocenters. The Hall–Kier alpha value is -3.13. The molecule has 0 aliphatic carbocycles. The molecule has 8 heteroatoms. The van der Waals surface area contributed by atoms with Crippen LogP contribution in [0.3, 0.4) is 0 Å². The van der Waals surface area contributed by atoms with Crippen LogP contribution in [0.1, 0.15) is 34.8 Å². The van der Waals surface area contributed by atoms with Gasteiger partial charge in [0.1, 0.15) is 17.2 Å². The molecule has 7 nitrogen and oxygen atoms in total. The number of anilines is 1. The molecule has 0 saturated heterocycles. The SMILES string of the molecule is Cc1ccc(-c2nc(C(=O)N[C@@H](C)c3ccc4c(c3)NC(=O)CO4)cs2)o1. The van der Waals surface area contributed by atoms with E-state index in [0.717, 1.165) is 11.3 Å². The highest BCUT2D eigenvalue weighted by molar-refractivity contribution is 7.13. The van der Waals surface area contributed by atoms with E-state index < -0.39 is 0 Å². The summed E-state index contributed by atoms with van der Waals surface area (Å²) in [5.74, 6) is 1.60. The minimum Gasteiger partial charge on any atom is -0.482 e. The van der Waals surface area contributed by atoms with Crippen LogP contribution >= 0.6 is 11.3 Å². The molecule has 1 aromatic carbocycles. The van der Waals surface area contributed by atoms with Gasteiger partial charge in [-0.3, -0.25) is 9.59 Å². The summed E-state index contributed by atoms with van der Waals surface area (Å²) < 4.78 is 10.9. The Labute approximate surface area is 159 Å². The van der Waals surface area contributed by atoms with E-state index in [9.17, 15) is 9.59 Å². The Morgan fingerprint density at radius 3 is 2.96 bits per heavy atom. The number of carbonyl (C=O) groups excluding carboxylic acids is 2. The van der Waals surface area contributed by atoms with Crippen molar-refractivity contribution in [2.24, 2.45) is 0 Å². The van der Waals surface area contributed by atoms with E-state index in [1.54, 1.807) is 17.5 Å². The molecule has 0 bridgehead atoms. The number of furan rings is 1. The second kappa shape index (κ2) is 6.88. The summed E-state index contributed by atoms with van der Waals surface area (Å²) in [6.07, 6.45) is 0. The molecule has 138 valence electrons. The zero-order valence-electron chi connectivity index (χ0n) is 14.7. The van der Waals surface area contributed by atoms with Gasteiger partial charge in [0, 0.05) is 5.38 Å². The number of thiazole rings is 1. The van der Waals surface area contributed by atoms with Crippen LogP contribution in [0.25, 0.3) is 10.8 Å². The highest BCUT2D eigenvalue weighted by Crippen LogP contribution is 2.31. The molecular weight excluding hydrogens is 366 g/mol. The van der Waals surface area contributed by atoms with Gasteiger partial charge < -0.3 is 19.8 Å². The number of hydrogen-bond donors (Lipinski definition) is 2. The molecule has 1 atom stereocenters. The van der Waals surface area contributed by atoms with Gasteiger partial charge in [-0.25, -0.2) is 4.98 Å². The maximum absolute atomic E-state index is 12.5. The molecule has 3 heterocycles. The number of amides is 2. The quantitative estimate of drug-likeness (QED) is 0.719. The molecule has 0 radical (unpaired) electrons. The summed E-state index contributed by atoms with van der Waals surface area (Å²) in [7, 11) is 0. The Bertz CT molecular complexity index is 1020. The summed E-state index contributed by atoms with van der Waals surface area (Å²) in [5, 5.41) is 8.05. The van der Waals surface area contributed by atoms with Crippen LogP contribution in [-0.4, -0.2) is 23.4 Å². The number of benzene rings is 1. The third-order valence-electron chi connectivity index (χ3n) is 4.17. The van der Waals surface area contributed by atoms with Crippen molar-refractivity contribution in [3.8, 4) is 16.5 Å². The first-order valence-electron chi connectivity index (χ1n) is 8.39. The number of nitrogens with one attached hydrogen (secondary N) is 2. The van der Waals surface area contributed by atoms with Crippen molar-refractivity contribution in [3.63, 3.8) is 0 Å². The Morgan fingerprint density at radius 2 is 2.19 bits per heavy atom. The molecular formula is C19H17N3O4S. The van der Waals surface area contributed by atoms with Crippen LogP contribution in [0.5, 0.6) is 5.75 Å². The first kappa shape index (κ1) is 17.3. The van der Waals surface area contributed by atoms with Crippen molar-refractivity contribution in [1.82, 2.24) is 10.3 Å². The maximum Gasteiger partial charge on any atom is 0.271 e. The predicted molar refractivity (Wildman–Crippen MR) is 101 cm³/mol. The lowest BCUT2D eigenvalue weighted by Gasteiger charge is -2.20. The second-order valence-corrected chi connectivity index (χ2v) is 7.09. The Morgan fingerprint density at radius 1 is 1.33 bits per heavy atom. The number of aromatic nitrogens is 1. The average molecular weight is 383 g/mol. The molecule has 27 heavy (non-hydrogen) atoms. The van der Waals surface area contributed by atoms with E-state index in [1.165, 1.54) is 11.3 Å². The van der Waals surface area contributed by atoms with Gasteiger partial charge in [-0.15, -0.1) is 11.3 Å². The van der Waals surface area contributed by atoms with Crippen molar-refractivity contribution in [2.75, 3.05) is 11.9 Å². The zero-order chi connectivity index (χ0) is 19.0. The minimum atomic E-state index is -0.272. The van der Waals surface area contributed by atoms with Gasteiger partial charge in [0.15, 0.2) is 17.4 Å². The van der Waals surface area contributed by atoms with Crippen LogP contribution in [0.2, 0.25) is 0 Å². The molecule has 0 spiro atoms. The molecule has 1 aliphatic heterocycles. The Balaban J connectivity index is 1.47. The second-order valence-electron chi connectivity index (χ2n) is 6.24. The number of rotatable bonds is 4. The van der Waals surface area contributed by atoms with E-state index in [0.29, 0.717) is 27.9 Å². The highest BCUT2D eigenvalue weighted by Gasteiger charge is 2.20. The lowest BCUT2D eigenvalue weighted by molar-refractivity contribution is -0.118. The third-order valence-corrected chi connectivity index (χ3v) is 5.03. The summed E-state index contributed by atoms with van der Waals surface area (Å²) in [6.45, 7) is 3.74. The lowest BCUT2D eigenvalue weighted by Crippen LogP contribution is -2.28. The van der Waals surface area contributed by atoms with Crippen LogP contribution in [0.4, 0.5) is 5.69 Å². The van der Waals surface area contributed by atoms with Crippen molar-refractivity contribution in [2.45, 2.75) is 19.9 Å². The lowest BCUT2D eigenvalue weighted by atomic mass is 10.1. The topological polar surface area (TPSA) is 93.5 Å².